The SMILES string of the molecule is CNCCNc1ccc(Br)nc1OC. The minimum atomic E-state index is 0.607. The molecule has 0 amide bonds. The van der Waals surface area contributed by atoms with Crippen molar-refractivity contribution in [3.05, 3.63) is 16.7 Å². The Balaban J connectivity index is 2.65. The van der Waals surface area contributed by atoms with Gasteiger partial charge in [-0.2, -0.15) is 0 Å². The molecule has 4 nitrogen and oxygen atoms in total. The Morgan fingerprint density at radius 2 is 2.21 bits per heavy atom. The predicted molar refractivity (Wildman–Crippen MR) is 60.9 cm³/mol. The number of halogens is 1. The number of hydrogen-bond donors (Lipinski definition) is 2. The molecule has 0 radical (unpaired) electrons. The van der Waals surface area contributed by atoms with E-state index in [-0.39, 0.29) is 0 Å². The minimum Gasteiger partial charge on any atom is -0.479 e. The number of nitrogens with one attached hydrogen (secondary N) is 2. The van der Waals surface area contributed by atoms with Crippen LogP contribution in [0.15, 0.2) is 16.7 Å². The number of hydrogen-bond acceptors (Lipinski definition) is 4. The van der Waals surface area contributed by atoms with E-state index in [1.807, 2.05) is 19.2 Å². The Kier molecular flexibility index (Phi) is 4.69. The second-order valence-electron chi connectivity index (χ2n) is 2.72. The average Bonchev–Trinajstić information content (AvgIpc) is 2.20. The van der Waals surface area contributed by atoms with Crippen LogP contribution >= 0.6 is 15.9 Å². The summed E-state index contributed by atoms with van der Waals surface area (Å²) in [5.74, 6) is 0.607. The average molecular weight is 260 g/mol. The lowest BCUT2D eigenvalue weighted by Gasteiger charge is -2.09. The maximum absolute atomic E-state index is 5.13. The minimum absolute atomic E-state index is 0.607. The highest BCUT2D eigenvalue weighted by molar-refractivity contribution is 9.10. The van der Waals surface area contributed by atoms with Gasteiger partial charge in [-0.15, -0.1) is 0 Å². The topological polar surface area (TPSA) is 46.2 Å². The van der Waals surface area contributed by atoms with Crippen molar-refractivity contribution in [3.8, 4) is 5.88 Å². The third-order valence-corrected chi connectivity index (χ3v) is 2.15. The maximum atomic E-state index is 5.13. The van der Waals surface area contributed by atoms with Crippen LogP contribution in [0.5, 0.6) is 5.88 Å². The van der Waals surface area contributed by atoms with E-state index in [1.165, 1.54) is 0 Å². The molecule has 1 aromatic rings. The van der Waals surface area contributed by atoms with Gasteiger partial charge >= 0.3 is 0 Å². The fourth-order valence-corrected chi connectivity index (χ4v) is 1.32. The van der Waals surface area contributed by atoms with Crippen molar-refractivity contribution in [2.45, 2.75) is 0 Å². The fraction of sp³-hybridized carbons (Fsp3) is 0.444. The quantitative estimate of drug-likeness (QED) is 0.622. The van der Waals surface area contributed by atoms with Crippen LogP contribution in [-0.2, 0) is 0 Å². The molecule has 1 aromatic heterocycles. The normalized spacial score (nSPS) is 9.93. The molecule has 0 bridgehead atoms. The van der Waals surface area contributed by atoms with Crippen molar-refractivity contribution in [2.75, 3.05) is 32.6 Å². The van der Waals surface area contributed by atoms with Gasteiger partial charge in [0.2, 0.25) is 5.88 Å². The summed E-state index contributed by atoms with van der Waals surface area (Å²) in [6.45, 7) is 1.75. The molecule has 0 aliphatic carbocycles. The molecule has 5 heteroatoms. The number of likely N-dealkylation sites (N-methyl/N-ethyl adjacent to an activating group) is 1. The van der Waals surface area contributed by atoms with E-state index in [9.17, 15) is 0 Å². The van der Waals surface area contributed by atoms with E-state index in [1.54, 1.807) is 7.11 Å². The molecule has 0 saturated heterocycles. The van der Waals surface area contributed by atoms with Crippen molar-refractivity contribution >= 4 is 21.6 Å². The number of ether oxygens (including phenoxy) is 1. The van der Waals surface area contributed by atoms with Gasteiger partial charge in [0.15, 0.2) is 0 Å². The number of rotatable bonds is 5. The highest BCUT2D eigenvalue weighted by atomic mass is 79.9. The summed E-state index contributed by atoms with van der Waals surface area (Å²) in [5.41, 5.74) is 0.908. The molecule has 0 spiro atoms. The largest absolute Gasteiger partial charge is 0.479 e. The van der Waals surface area contributed by atoms with Gasteiger partial charge in [0.25, 0.3) is 0 Å². The molecule has 0 fully saturated rings. The third kappa shape index (κ3) is 3.16. The molecule has 14 heavy (non-hydrogen) atoms. The van der Waals surface area contributed by atoms with Crippen LogP contribution in [0.2, 0.25) is 0 Å². The fourth-order valence-electron chi connectivity index (χ4n) is 1.03. The smallest absolute Gasteiger partial charge is 0.238 e. The number of pyridine rings is 1. The van der Waals surface area contributed by atoms with Crippen LogP contribution in [0, 0.1) is 0 Å². The molecular formula is C9H14BrN3O. The molecule has 0 aliphatic heterocycles. The lowest BCUT2D eigenvalue weighted by Crippen LogP contribution is -2.18. The van der Waals surface area contributed by atoms with Crippen LogP contribution in [0.1, 0.15) is 0 Å². The lowest BCUT2D eigenvalue weighted by atomic mass is 10.4. The summed E-state index contributed by atoms with van der Waals surface area (Å²) in [6, 6.07) is 3.82. The molecule has 1 rings (SSSR count). The number of anilines is 1. The van der Waals surface area contributed by atoms with Crippen LogP contribution in [0.4, 0.5) is 5.69 Å². The van der Waals surface area contributed by atoms with Crippen molar-refractivity contribution < 1.29 is 4.74 Å². The van der Waals surface area contributed by atoms with E-state index in [0.717, 1.165) is 23.4 Å². The first-order valence-electron chi connectivity index (χ1n) is 4.37. The monoisotopic (exact) mass is 259 g/mol. The Hall–Kier alpha value is -0.810. The van der Waals surface area contributed by atoms with Crippen molar-refractivity contribution in [1.82, 2.24) is 10.3 Å². The van der Waals surface area contributed by atoms with E-state index in [0.29, 0.717) is 5.88 Å². The van der Waals surface area contributed by atoms with Crippen molar-refractivity contribution in [1.29, 1.82) is 0 Å². The molecule has 2 N–H and O–H groups in total. The first kappa shape index (κ1) is 11.3. The lowest BCUT2D eigenvalue weighted by molar-refractivity contribution is 0.399. The summed E-state index contributed by atoms with van der Waals surface area (Å²) in [7, 11) is 3.52. The number of methoxy groups -OCH3 is 1. The summed E-state index contributed by atoms with van der Waals surface area (Å²) in [5, 5.41) is 6.28. The number of aromatic nitrogens is 1. The van der Waals surface area contributed by atoms with Gasteiger partial charge in [0.05, 0.1) is 12.8 Å². The Bertz CT molecular complexity index is 293. The van der Waals surface area contributed by atoms with Gasteiger partial charge in [0.1, 0.15) is 4.60 Å². The van der Waals surface area contributed by atoms with Crippen LogP contribution < -0.4 is 15.4 Å². The molecular weight excluding hydrogens is 246 g/mol. The van der Waals surface area contributed by atoms with E-state index in [4.69, 9.17) is 4.74 Å². The molecule has 0 unspecified atom stereocenters. The van der Waals surface area contributed by atoms with Gasteiger partial charge in [0, 0.05) is 13.1 Å². The standard InChI is InChI=1S/C9H14BrN3O/c1-11-5-6-12-7-3-4-8(10)13-9(7)14-2/h3-4,11-12H,5-6H2,1-2H3. The molecule has 0 aromatic carbocycles. The summed E-state index contributed by atoms with van der Waals surface area (Å²) in [4.78, 5) is 4.18. The Morgan fingerprint density at radius 1 is 1.43 bits per heavy atom. The third-order valence-electron chi connectivity index (χ3n) is 1.71. The van der Waals surface area contributed by atoms with Crippen LogP contribution in [-0.4, -0.2) is 32.2 Å². The predicted octanol–water partition coefficient (Wildman–Crippen LogP) is 1.48. The summed E-state index contributed by atoms with van der Waals surface area (Å²) >= 11 is 3.29. The first-order valence-corrected chi connectivity index (χ1v) is 5.16. The van der Waals surface area contributed by atoms with Gasteiger partial charge < -0.3 is 15.4 Å². The summed E-state index contributed by atoms with van der Waals surface area (Å²) in [6.07, 6.45) is 0. The first-order chi connectivity index (χ1) is 6.77. The molecule has 1 heterocycles. The van der Waals surface area contributed by atoms with Gasteiger partial charge in [-0.1, -0.05) is 0 Å². The maximum Gasteiger partial charge on any atom is 0.238 e. The van der Waals surface area contributed by atoms with Crippen molar-refractivity contribution in [3.63, 3.8) is 0 Å². The second-order valence-corrected chi connectivity index (χ2v) is 3.53. The van der Waals surface area contributed by atoms with E-state index in [2.05, 4.69) is 31.5 Å². The Labute approximate surface area is 92.2 Å². The van der Waals surface area contributed by atoms with Gasteiger partial charge in [-0.25, -0.2) is 4.98 Å². The van der Waals surface area contributed by atoms with E-state index >= 15 is 0 Å². The van der Waals surface area contributed by atoms with Crippen molar-refractivity contribution in [2.24, 2.45) is 0 Å². The zero-order valence-electron chi connectivity index (χ0n) is 8.30. The Morgan fingerprint density at radius 3 is 2.86 bits per heavy atom. The van der Waals surface area contributed by atoms with Gasteiger partial charge in [-0.05, 0) is 35.1 Å². The molecule has 78 valence electrons. The second kappa shape index (κ2) is 5.82. The zero-order chi connectivity index (χ0) is 10.4. The molecule has 0 saturated carbocycles. The highest BCUT2D eigenvalue weighted by Gasteiger charge is 2.03. The number of nitrogens with zero attached hydrogens (tertiary/aromatic N) is 1. The summed E-state index contributed by atoms with van der Waals surface area (Å²) < 4.78 is 5.90. The molecule has 0 aliphatic rings. The van der Waals surface area contributed by atoms with E-state index < -0.39 is 0 Å². The van der Waals surface area contributed by atoms with Crippen LogP contribution in [0.25, 0.3) is 0 Å². The highest BCUT2D eigenvalue weighted by Crippen LogP contribution is 2.23. The van der Waals surface area contributed by atoms with Gasteiger partial charge in [-0.3, -0.25) is 0 Å². The molecule has 0 atom stereocenters. The van der Waals surface area contributed by atoms with Crippen LogP contribution in [0.3, 0.4) is 0 Å². The zero-order valence-corrected chi connectivity index (χ0v) is 9.89.